The highest BCUT2D eigenvalue weighted by atomic mass is 16.5. The molecular weight excluding hydrogens is 380 g/mol. The molecule has 30 heavy (non-hydrogen) atoms. The smallest absolute Gasteiger partial charge is 0.337 e. The second-order valence-electron chi connectivity index (χ2n) is 7.86. The van der Waals surface area contributed by atoms with E-state index >= 15 is 0 Å². The summed E-state index contributed by atoms with van der Waals surface area (Å²) in [6.45, 7) is 11.9. The molecule has 0 saturated heterocycles. The number of aromatic nitrogens is 3. The summed E-state index contributed by atoms with van der Waals surface area (Å²) in [5.41, 5.74) is 5.73. The average Bonchev–Trinajstić information content (AvgIpc) is 3.20. The number of esters is 1. The summed E-state index contributed by atoms with van der Waals surface area (Å²) in [6.07, 6.45) is 0. The van der Waals surface area contributed by atoms with Crippen molar-refractivity contribution in [2.75, 3.05) is 7.11 Å². The predicted octanol–water partition coefficient (Wildman–Crippen LogP) is 4.20. The zero-order valence-corrected chi connectivity index (χ0v) is 18.8. The largest absolute Gasteiger partial charge is 0.465 e. The predicted molar refractivity (Wildman–Crippen MR) is 115 cm³/mol. The normalized spacial score (nSPS) is 11.5. The number of rotatable bonds is 7. The number of carbonyl (C=O) groups is 1. The molecule has 1 aromatic carbocycles. The zero-order valence-electron chi connectivity index (χ0n) is 18.8. The van der Waals surface area contributed by atoms with Crippen LogP contribution in [-0.4, -0.2) is 38.8 Å². The van der Waals surface area contributed by atoms with E-state index < -0.39 is 0 Å². The molecule has 0 bridgehead atoms. The van der Waals surface area contributed by atoms with Gasteiger partial charge in [-0.15, -0.1) is 0 Å². The maximum atomic E-state index is 11.6. The lowest BCUT2D eigenvalue weighted by Crippen LogP contribution is -2.30. The van der Waals surface area contributed by atoms with Gasteiger partial charge in [-0.1, -0.05) is 0 Å². The van der Waals surface area contributed by atoms with Crippen LogP contribution >= 0.6 is 0 Å². The molecule has 0 aliphatic rings. The third-order valence-corrected chi connectivity index (χ3v) is 5.55. The van der Waals surface area contributed by atoms with Crippen LogP contribution in [0.5, 0.6) is 0 Å². The van der Waals surface area contributed by atoms with Gasteiger partial charge in [0.05, 0.1) is 24.1 Å². The van der Waals surface area contributed by atoms with Crippen LogP contribution in [0, 0.1) is 20.8 Å². The van der Waals surface area contributed by atoms with Crippen LogP contribution in [0.15, 0.2) is 28.7 Å². The van der Waals surface area contributed by atoms with E-state index in [1.165, 1.54) is 18.4 Å². The highest BCUT2D eigenvalue weighted by molar-refractivity contribution is 5.89. The van der Waals surface area contributed by atoms with Crippen LogP contribution in [0.1, 0.15) is 52.6 Å². The summed E-state index contributed by atoms with van der Waals surface area (Å²) in [5, 5.41) is 4.54. The topological polar surface area (TPSA) is 73.4 Å². The molecule has 0 unspecified atom stereocenters. The van der Waals surface area contributed by atoms with Gasteiger partial charge in [-0.3, -0.25) is 9.58 Å². The molecule has 7 heteroatoms. The number of nitrogens with zero attached hydrogens (tertiary/aromatic N) is 4. The Morgan fingerprint density at radius 1 is 1.17 bits per heavy atom. The number of aryl methyl sites for hydroxylation is 3. The first-order valence-electron chi connectivity index (χ1n) is 10.1. The maximum Gasteiger partial charge on any atom is 0.337 e. The summed E-state index contributed by atoms with van der Waals surface area (Å²) in [5.74, 6) is 0.989. The van der Waals surface area contributed by atoms with Gasteiger partial charge >= 0.3 is 5.97 Å². The van der Waals surface area contributed by atoms with Crippen LogP contribution in [-0.2, 0) is 24.9 Å². The number of hydrogen-bond donors (Lipinski definition) is 0. The second-order valence-corrected chi connectivity index (χ2v) is 7.86. The first-order valence-corrected chi connectivity index (χ1v) is 10.1. The van der Waals surface area contributed by atoms with Crippen LogP contribution in [0.3, 0.4) is 0 Å². The number of oxazole rings is 1. The molecule has 0 spiro atoms. The Labute approximate surface area is 177 Å². The lowest BCUT2D eigenvalue weighted by atomic mass is 10.1. The van der Waals surface area contributed by atoms with Gasteiger partial charge < -0.3 is 9.15 Å². The highest BCUT2D eigenvalue weighted by Crippen LogP contribution is 2.25. The van der Waals surface area contributed by atoms with Crippen LogP contribution < -0.4 is 0 Å². The second kappa shape index (κ2) is 8.83. The SMILES string of the molecule is COC(=O)c1ccc(-c2nc(CN(Cc3c(C)nn(C)c3C)C(C)C)c(C)o2)cc1. The fraction of sp³-hybridized carbons (Fsp3) is 0.435. The number of ether oxygens (including phenoxy) is 1. The quantitative estimate of drug-likeness (QED) is 0.544. The molecule has 0 saturated carbocycles. The summed E-state index contributed by atoms with van der Waals surface area (Å²) < 4.78 is 12.6. The van der Waals surface area contributed by atoms with Crippen molar-refractivity contribution in [1.82, 2.24) is 19.7 Å². The van der Waals surface area contributed by atoms with E-state index in [-0.39, 0.29) is 5.97 Å². The fourth-order valence-electron chi connectivity index (χ4n) is 3.43. The number of methoxy groups -OCH3 is 1. The Kier molecular flexibility index (Phi) is 6.41. The van der Waals surface area contributed by atoms with Crippen LogP contribution in [0.25, 0.3) is 11.5 Å². The van der Waals surface area contributed by atoms with Crippen LogP contribution in [0.2, 0.25) is 0 Å². The van der Waals surface area contributed by atoms with Gasteiger partial charge in [0.1, 0.15) is 5.76 Å². The molecule has 0 radical (unpaired) electrons. The minimum atomic E-state index is -0.362. The number of carbonyl (C=O) groups excluding carboxylic acids is 1. The lowest BCUT2D eigenvalue weighted by molar-refractivity contribution is 0.0600. The zero-order chi connectivity index (χ0) is 22.0. The molecule has 0 aliphatic carbocycles. The first kappa shape index (κ1) is 21.8. The standard InChI is InChI=1S/C23H30N4O3/c1-14(2)27(12-20-15(3)25-26(6)16(20)4)13-21-17(5)30-22(24-21)18-8-10-19(11-9-18)23(28)29-7/h8-11,14H,12-13H2,1-7H3. The van der Waals surface area contributed by atoms with Crippen molar-refractivity contribution in [2.45, 2.75) is 53.8 Å². The van der Waals surface area contributed by atoms with E-state index in [4.69, 9.17) is 14.1 Å². The van der Waals surface area contributed by atoms with Crippen molar-refractivity contribution in [3.05, 3.63) is 58.2 Å². The molecule has 7 nitrogen and oxygen atoms in total. The summed E-state index contributed by atoms with van der Waals surface area (Å²) in [6, 6.07) is 7.42. The molecule has 3 aromatic rings. The van der Waals surface area contributed by atoms with Gasteiger partial charge in [0.2, 0.25) is 5.89 Å². The van der Waals surface area contributed by atoms with Gasteiger partial charge in [-0.25, -0.2) is 9.78 Å². The van der Waals surface area contributed by atoms with Crippen molar-refractivity contribution in [3.8, 4) is 11.5 Å². The summed E-state index contributed by atoms with van der Waals surface area (Å²) >= 11 is 0. The Balaban J connectivity index is 1.81. The van der Waals surface area contributed by atoms with E-state index in [1.54, 1.807) is 12.1 Å². The van der Waals surface area contributed by atoms with Crippen molar-refractivity contribution >= 4 is 5.97 Å². The van der Waals surface area contributed by atoms with Gasteiger partial charge in [0.15, 0.2) is 0 Å². The van der Waals surface area contributed by atoms with E-state index in [0.717, 1.165) is 29.3 Å². The van der Waals surface area contributed by atoms with Gasteiger partial charge in [0.25, 0.3) is 0 Å². The lowest BCUT2D eigenvalue weighted by Gasteiger charge is -2.26. The minimum absolute atomic E-state index is 0.336. The highest BCUT2D eigenvalue weighted by Gasteiger charge is 2.20. The van der Waals surface area contributed by atoms with Gasteiger partial charge in [-0.05, 0) is 58.9 Å². The first-order chi connectivity index (χ1) is 14.2. The number of benzene rings is 1. The van der Waals surface area contributed by atoms with E-state index in [9.17, 15) is 4.79 Å². The summed E-state index contributed by atoms with van der Waals surface area (Å²) in [4.78, 5) is 18.7. The monoisotopic (exact) mass is 410 g/mol. The molecule has 0 aliphatic heterocycles. The van der Waals surface area contributed by atoms with E-state index in [1.807, 2.05) is 30.8 Å². The Morgan fingerprint density at radius 3 is 2.37 bits per heavy atom. The Bertz CT molecular complexity index is 1030. The molecule has 0 fully saturated rings. The van der Waals surface area contributed by atoms with Gasteiger partial charge in [0, 0.05) is 43.0 Å². The number of hydrogen-bond acceptors (Lipinski definition) is 6. The molecule has 2 heterocycles. The van der Waals surface area contributed by atoms with Crippen molar-refractivity contribution in [2.24, 2.45) is 7.05 Å². The van der Waals surface area contributed by atoms with E-state index in [0.29, 0.717) is 24.0 Å². The van der Waals surface area contributed by atoms with E-state index in [2.05, 4.69) is 37.7 Å². The Hall–Kier alpha value is -2.93. The van der Waals surface area contributed by atoms with Crippen molar-refractivity contribution in [1.29, 1.82) is 0 Å². The molecule has 2 aromatic heterocycles. The molecule has 160 valence electrons. The van der Waals surface area contributed by atoms with Crippen LogP contribution in [0.4, 0.5) is 0 Å². The Morgan fingerprint density at radius 2 is 1.83 bits per heavy atom. The average molecular weight is 411 g/mol. The maximum absolute atomic E-state index is 11.6. The summed E-state index contributed by atoms with van der Waals surface area (Å²) in [7, 11) is 3.35. The molecule has 0 N–H and O–H groups in total. The molecule has 3 rings (SSSR count). The van der Waals surface area contributed by atoms with Gasteiger partial charge in [-0.2, -0.15) is 5.10 Å². The molecule has 0 atom stereocenters. The van der Waals surface area contributed by atoms with Crippen molar-refractivity contribution < 1.29 is 13.9 Å². The fourth-order valence-corrected chi connectivity index (χ4v) is 3.43. The third kappa shape index (κ3) is 4.46. The molecule has 0 amide bonds. The molecular formula is C23H30N4O3. The third-order valence-electron chi connectivity index (χ3n) is 5.55. The van der Waals surface area contributed by atoms with Crippen molar-refractivity contribution in [3.63, 3.8) is 0 Å². The minimum Gasteiger partial charge on any atom is -0.465 e.